The van der Waals surface area contributed by atoms with Crippen LogP contribution in [0.1, 0.15) is 6.42 Å². The first-order valence-corrected chi connectivity index (χ1v) is 3.31. The fraction of sp³-hybridized carbons (Fsp3) is 0.500. The lowest BCUT2D eigenvalue weighted by atomic mass is 9.88. The lowest BCUT2D eigenvalue weighted by Crippen LogP contribution is -2.17. The quantitative estimate of drug-likeness (QED) is 0.546. The Kier molecular flexibility index (Phi) is 1.72. The molecule has 0 bridgehead atoms. The second kappa shape index (κ2) is 2.36. The molecule has 1 saturated heterocycles. The Hall–Kier alpha value is -0.560. The third kappa shape index (κ3) is 1.06. The van der Waals surface area contributed by atoms with E-state index >= 15 is 0 Å². The van der Waals surface area contributed by atoms with Gasteiger partial charge in [-0.05, 0) is 13.0 Å². The van der Waals surface area contributed by atoms with Crippen LogP contribution in [-0.4, -0.2) is 13.1 Å². The van der Waals surface area contributed by atoms with E-state index in [9.17, 15) is 0 Å². The van der Waals surface area contributed by atoms with Gasteiger partial charge in [0.15, 0.2) is 0 Å². The smallest absolute Gasteiger partial charge is 0.0193 e. The molecule has 0 aromatic carbocycles. The van der Waals surface area contributed by atoms with E-state index < -0.39 is 0 Å². The number of nitrogens with one attached hydrogen (secondary N) is 1. The van der Waals surface area contributed by atoms with Crippen molar-refractivity contribution in [1.82, 2.24) is 5.32 Å². The van der Waals surface area contributed by atoms with Crippen LogP contribution in [0.2, 0.25) is 0 Å². The van der Waals surface area contributed by atoms with Crippen molar-refractivity contribution in [2.45, 2.75) is 6.42 Å². The van der Waals surface area contributed by atoms with Gasteiger partial charge in [0.1, 0.15) is 0 Å². The van der Waals surface area contributed by atoms with Gasteiger partial charge in [0.05, 0.1) is 0 Å². The van der Waals surface area contributed by atoms with Gasteiger partial charge in [0, 0.05) is 12.0 Å². The van der Waals surface area contributed by atoms with E-state index in [0.29, 0.717) is 0 Å². The molecule has 0 spiro atoms. The molecule has 0 saturated carbocycles. The first-order valence-electron chi connectivity index (χ1n) is 3.31. The Morgan fingerprint density at radius 3 is 2.22 bits per heavy atom. The highest BCUT2D eigenvalue weighted by atomic mass is 14.9. The fourth-order valence-corrected chi connectivity index (χ4v) is 1.16. The number of hydrogen-bond donors (Lipinski definition) is 1. The van der Waals surface area contributed by atoms with Crippen molar-refractivity contribution in [1.29, 1.82) is 0 Å². The van der Waals surface area contributed by atoms with Gasteiger partial charge in [0.2, 0.25) is 0 Å². The van der Waals surface area contributed by atoms with Crippen LogP contribution < -0.4 is 5.32 Å². The molecule has 50 valence electrons. The minimum absolute atomic E-state index is 0.194. The first-order chi connectivity index (χ1) is 4.33. The molecule has 0 aliphatic carbocycles. The van der Waals surface area contributed by atoms with Crippen molar-refractivity contribution in [2.24, 2.45) is 5.41 Å². The van der Waals surface area contributed by atoms with Gasteiger partial charge >= 0.3 is 0 Å². The van der Waals surface area contributed by atoms with Crippen LogP contribution in [0.3, 0.4) is 0 Å². The zero-order chi connectivity index (χ0) is 6.74. The van der Waals surface area contributed by atoms with Gasteiger partial charge in [-0.2, -0.15) is 0 Å². The first kappa shape index (κ1) is 6.56. The van der Waals surface area contributed by atoms with E-state index in [4.69, 9.17) is 0 Å². The summed E-state index contributed by atoms with van der Waals surface area (Å²) in [6.07, 6.45) is 5.12. The van der Waals surface area contributed by atoms with Crippen LogP contribution in [0.15, 0.2) is 25.3 Å². The summed E-state index contributed by atoms with van der Waals surface area (Å²) in [4.78, 5) is 0. The van der Waals surface area contributed by atoms with Gasteiger partial charge < -0.3 is 5.32 Å². The van der Waals surface area contributed by atoms with Crippen molar-refractivity contribution >= 4 is 0 Å². The van der Waals surface area contributed by atoms with E-state index in [1.807, 2.05) is 12.2 Å². The summed E-state index contributed by atoms with van der Waals surface area (Å²) < 4.78 is 0. The Morgan fingerprint density at radius 2 is 2.00 bits per heavy atom. The SMILES string of the molecule is C=CC1(C=C)CCNC1. The average molecular weight is 123 g/mol. The fourth-order valence-electron chi connectivity index (χ4n) is 1.16. The van der Waals surface area contributed by atoms with E-state index in [2.05, 4.69) is 18.5 Å². The summed E-state index contributed by atoms with van der Waals surface area (Å²) in [6, 6.07) is 0. The van der Waals surface area contributed by atoms with Crippen LogP contribution >= 0.6 is 0 Å². The molecule has 0 atom stereocenters. The number of hydrogen-bond acceptors (Lipinski definition) is 1. The van der Waals surface area contributed by atoms with Crippen molar-refractivity contribution in [3.05, 3.63) is 25.3 Å². The molecule has 0 unspecified atom stereocenters. The van der Waals surface area contributed by atoms with Crippen molar-refractivity contribution in [3.8, 4) is 0 Å². The third-order valence-corrected chi connectivity index (χ3v) is 2.03. The maximum atomic E-state index is 3.77. The Bertz CT molecular complexity index is 111. The second-order valence-corrected chi connectivity index (χ2v) is 2.57. The summed E-state index contributed by atoms with van der Waals surface area (Å²) >= 11 is 0. The lowest BCUT2D eigenvalue weighted by molar-refractivity contribution is 0.554. The van der Waals surface area contributed by atoms with Crippen LogP contribution in [0.4, 0.5) is 0 Å². The van der Waals surface area contributed by atoms with Crippen LogP contribution in [0, 0.1) is 5.41 Å². The molecule has 0 aromatic heterocycles. The van der Waals surface area contributed by atoms with Crippen LogP contribution in [0.5, 0.6) is 0 Å². The Balaban J connectivity index is 2.66. The van der Waals surface area contributed by atoms with E-state index in [-0.39, 0.29) is 5.41 Å². The van der Waals surface area contributed by atoms with Gasteiger partial charge in [-0.3, -0.25) is 0 Å². The van der Waals surface area contributed by atoms with Crippen LogP contribution in [0.25, 0.3) is 0 Å². The predicted octanol–water partition coefficient (Wildman–Crippen LogP) is 1.34. The topological polar surface area (TPSA) is 12.0 Å². The minimum Gasteiger partial charge on any atom is -0.316 e. The van der Waals surface area contributed by atoms with E-state index in [1.165, 1.54) is 0 Å². The largest absolute Gasteiger partial charge is 0.316 e. The van der Waals surface area contributed by atoms with Gasteiger partial charge in [-0.1, -0.05) is 12.2 Å². The highest BCUT2D eigenvalue weighted by Gasteiger charge is 2.26. The molecule has 1 N–H and O–H groups in total. The zero-order valence-electron chi connectivity index (χ0n) is 5.69. The molecule has 1 heteroatoms. The highest BCUT2D eigenvalue weighted by Crippen LogP contribution is 2.26. The standard InChI is InChI=1S/C8H13N/c1-3-8(4-2)5-6-9-7-8/h3-4,9H,1-2,5-7H2. The van der Waals surface area contributed by atoms with Gasteiger partial charge in [0.25, 0.3) is 0 Å². The highest BCUT2D eigenvalue weighted by molar-refractivity contribution is 5.10. The second-order valence-electron chi connectivity index (χ2n) is 2.57. The molecule has 9 heavy (non-hydrogen) atoms. The molecule has 1 aliphatic rings. The zero-order valence-corrected chi connectivity index (χ0v) is 5.69. The van der Waals surface area contributed by atoms with Crippen LogP contribution in [-0.2, 0) is 0 Å². The van der Waals surface area contributed by atoms with E-state index in [1.54, 1.807) is 0 Å². The lowest BCUT2D eigenvalue weighted by Gasteiger charge is -2.16. The summed E-state index contributed by atoms with van der Waals surface area (Å²) in [5.41, 5.74) is 0.194. The normalized spacial score (nSPS) is 23.6. The number of rotatable bonds is 2. The molecule has 1 heterocycles. The molecule has 1 nitrogen and oxygen atoms in total. The summed E-state index contributed by atoms with van der Waals surface area (Å²) in [5, 5.41) is 3.27. The summed E-state index contributed by atoms with van der Waals surface area (Å²) in [7, 11) is 0. The summed E-state index contributed by atoms with van der Waals surface area (Å²) in [6.45, 7) is 9.66. The summed E-state index contributed by atoms with van der Waals surface area (Å²) in [5.74, 6) is 0. The van der Waals surface area contributed by atoms with Gasteiger partial charge in [-0.25, -0.2) is 0 Å². The molecule has 0 amide bonds. The van der Waals surface area contributed by atoms with Crippen molar-refractivity contribution in [3.63, 3.8) is 0 Å². The molecule has 1 aliphatic heterocycles. The molecule has 1 fully saturated rings. The monoisotopic (exact) mass is 123 g/mol. The molecule has 0 radical (unpaired) electrons. The third-order valence-electron chi connectivity index (χ3n) is 2.03. The predicted molar refractivity (Wildman–Crippen MR) is 40.3 cm³/mol. The maximum absolute atomic E-state index is 3.77. The molecular formula is C8H13N. The molecule has 0 aromatic rings. The van der Waals surface area contributed by atoms with Crippen molar-refractivity contribution < 1.29 is 0 Å². The minimum atomic E-state index is 0.194. The van der Waals surface area contributed by atoms with Crippen molar-refractivity contribution in [2.75, 3.05) is 13.1 Å². The van der Waals surface area contributed by atoms with E-state index in [0.717, 1.165) is 19.5 Å². The average Bonchev–Trinajstić information content (AvgIpc) is 2.36. The maximum Gasteiger partial charge on any atom is 0.0193 e. The Morgan fingerprint density at radius 1 is 1.33 bits per heavy atom. The Labute approximate surface area is 56.5 Å². The van der Waals surface area contributed by atoms with Gasteiger partial charge in [-0.15, -0.1) is 13.2 Å². The molecule has 1 rings (SSSR count). The molecular weight excluding hydrogens is 110 g/mol.